The van der Waals surface area contributed by atoms with Gasteiger partial charge in [0.25, 0.3) is 5.91 Å². The highest BCUT2D eigenvalue weighted by Crippen LogP contribution is 2.25. The van der Waals surface area contributed by atoms with Crippen molar-refractivity contribution in [1.82, 2.24) is 10.2 Å². The Morgan fingerprint density at radius 1 is 1.17 bits per heavy atom. The Morgan fingerprint density at radius 3 is 2.67 bits per heavy atom. The number of likely N-dealkylation sites (tertiary alicyclic amines) is 1. The van der Waals surface area contributed by atoms with E-state index in [9.17, 15) is 4.79 Å². The van der Waals surface area contributed by atoms with Crippen LogP contribution in [0.1, 0.15) is 29.6 Å². The molecule has 2 aromatic rings. The maximum Gasteiger partial charge on any atom is 0.255 e. The normalized spacial score (nSPS) is 17.6. The first kappa shape index (κ1) is 16.5. The van der Waals surface area contributed by atoms with Gasteiger partial charge < -0.3 is 15.0 Å². The van der Waals surface area contributed by atoms with Crippen LogP contribution >= 0.6 is 0 Å². The van der Waals surface area contributed by atoms with Gasteiger partial charge in [0.1, 0.15) is 11.5 Å². The summed E-state index contributed by atoms with van der Waals surface area (Å²) in [6.45, 7) is 1.85. The van der Waals surface area contributed by atoms with E-state index in [0.717, 1.165) is 18.7 Å². The van der Waals surface area contributed by atoms with Gasteiger partial charge in [-0.1, -0.05) is 30.3 Å². The molecule has 2 aromatic carbocycles. The molecular formula is C20H24N2O2. The van der Waals surface area contributed by atoms with E-state index in [2.05, 4.69) is 17.3 Å². The van der Waals surface area contributed by atoms with Gasteiger partial charge in [-0.3, -0.25) is 4.79 Å². The average Bonchev–Trinajstić information content (AvgIpc) is 3.01. The number of nitrogens with zero attached hydrogens (tertiary/aromatic N) is 1. The van der Waals surface area contributed by atoms with Crippen molar-refractivity contribution in [1.29, 1.82) is 0 Å². The summed E-state index contributed by atoms with van der Waals surface area (Å²) in [5, 5.41) is 3.03. The SMILES string of the molecule is CN1CCCC1CCNC(=O)c1ccccc1Oc1ccccc1. The largest absolute Gasteiger partial charge is 0.457 e. The van der Waals surface area contributed by atoms with Crippen LogP contribution in [0, 0.1) is 0 Å². The van der Waals surface area contributed by atoms with Crippen LogP contribution in [0.15, 0.2) is 54.6 Å². The van der Waals surface area contributed by atoms with E-state index in [-0.39, 0.29) is 5.91 Å². The number of para-hydroxylation sites is 2. The standard InChI is InChI=1S/C20H24N2O2/c1-22-15-7-8-16(22)13-14-21-20(23)18-11-5-6-12-19(18)24-17-9-3-2-4-10-17/h2-6,9-12,16H,7-8,13-15H2,1H3,(H,21,23). The van der Waals surface area contributed by atoms with Crippen LogP contribution in [-0.4, -0.2) is 37.0 Å². The van der Waals surface area contributed by atoms with Crippen molar-refractivity contribution < 1.29 is 9.53 Å². The fourth-order valence-electron chi connectivity index (χ4n) is 3.15. The molecular weight excluding hydrogens is 300 g/mol. The summed E-state index contributed by atoms with van der Waals surface area (Å²) in [6, 6.07) is 17.5. The molecule has 0 aromatic heterocycles. The van der Waals surface area contributed by atoms with Crippen molar-refractivity contribution in [3.05, 3.63) is 60.2 Å². The predicted molar refractivity (Wildman–Crippen MR) is 95.6 cm³/mol. The van der Waals surface area contributed by atoms with E-state index in [1.54, 1.807) is 6.07 Å². The molecule has 1 unspecified atom stereocenters. The summed E-state index contributed by atoms with van der Waals surface area (Å²) in [7, 11) is 2.16. The zero-order chi connectivity index (χ0) is 16.8. The highest BCUT2D eigenvalue weighted by atomic mass is 16.5. The maximum absolute atomic E-state index is 12.5. The lowest BCUT2D eigenvalue weighted by molar-refractivity contribution is 0.0948. The first-order valence-corrected chi connectivity index (χ1v) is 8.54. The third-order valence-corrected chi connectivity index (χ3v) is 4.54. The summed E-state index contributed by atoms with van der Waals surface area (Å²) < 4.78 is 5.86. The second kappa shape index (κ2) is 7.97. The van der Waals surface area contributed by atoms with Gasteiger partial charge >= 0.3 is 0 Å². The molecule has 1 fully saturated rings. The van der Waals surface area contributed by atoms with Gasteiger partial charge in [-0.15, -0.1) is 0 Å². The lowest BCUT2D eigenvalue weighted by atomic mass is 10.1. The second-order valence-corrected chi connectivity index (χ2v) is 6.23. The van der Waals surface area contributed by atoms with Crippen LogP contribution in [0.4, 0.5) is 0 Å². The first-order valence-electron chi connectivity index (χ1n) is 8.54. The number of ether oxygens (including phenoxy) is 1. The Hall–Kier alpha value is -2.33. The van der Waals surface area contributed by atoms with E-state index < -0.39 is 0 Å². The van der Waals surface area contributed by atoms with Crippen molar-refractivity contribution >= 4 is 5.91 Å². The third kappa shape index (κ3) is 4.15. The van der Waals surface area contributed by atoms with E-state index in [4.69, 9.17) is 4.74 Å². The molecule has 1 heterocycles. The van der Waals surface area contributed by atoms with Crippen LogP contribution in [0.25, 0.3) is 0 Å². The van der Waals surface area contributed by atoms with Crippen LogP contribution in [0.3, 0.4) is 0 Å². The topological polar surface area (TPSA) is 41.6 Å². The molecule has 0 bridgehead atoms. The fraction of sp³-hybridized carbons (Fsp3) is 0.350. The predicted octanol–water partition coefficient (Wildman–Crippen LogP) is 3.69. The average molecular weight is 324 g/mol. The van der Waals surface area contributed by atoms with Crippen LogP contribution < -0.4 is 10.1 Å². The molecule has 1 atom stereocenters. The molecule has 3 rings (SSSR count). The second-order valence-electron chi connectivity index (χ2n) is 6.23. The molecule has 1 aliphatic heterocycles. The summed E-state index contributed by atoms with van der Waals surface area (Å²) in [6.07, 6.45) is 3.47. The fourth-order valence-corrected chi connectivity index (χ4v) is 3.15. The van der Waals surface area contributed by atoms with E-state index >= 15 is 0 Å². The minimum Gasteiger partial charge on any atom is -0.457 e. The van der Waals surface area contributed by atoms with Crippen LogP contribution in [0.5, 0.6) is 11.5 Å². The maximum atomic E-state index is 12.5. The molecule has 0 aliphatic carbocycles. The number of hydrogen-bond acceptors (Lipinski definition) is 3. The summed E-state index contributed by atoms with van der Waals surface area (Å²) >= 11 is 0. The third-order valence-electron chi connectivity index (χ3n) is 4.54. The Labute approximate surface area is 143 Å². The van der Waals surface area contributed by atoms with Gasteiger partial charge in [0.05, 0.1) is 5.56 Å². The summed E-state index contributed by atoms with van der Waals surface area (Å²) in [5.74, 6) is 1.23. The number of nitrogens with one attached hydrogen (secondary N) is 1. The van der Waals surface area contributed by atoms with Crippen LogP contribution in [-0.2, 0) is 0 Å². The first-order chi connectivity index (χ1) is 11.7. The van der Waals surface area contributed by atoms with Crippen molar-refractivity contribution in [3.8, 4) is 11.5 Å². The van der Waals surface area contributed by atoms with E-state index in [0.29, 0.717) is 23.9 Å². The number of hydrogen-bond donors (Lipinski definition) is 1. The molecule has 1 saturated heterocycles. The van der Waals surface area contributed by atoms with Gasteiger partial charge in [-0.2, -0.15) is 0 Å². The highest BCUT2D eigenvalue weighted by molar-refractivity contribution is 5.97. The Balaban J connectivity index is 1.60. The summed E-state index contributed by atoms with van der Waals surface area (Å²) in [4.78, 5) is 14.9. The van der Waals surface area contributed by atoms with Gasteiger partial charge in [0.2, 0.25) is 0 Å². The lowest BCUT2D eigenvalue weighted by Gasteiger charge is -2.19. The molecule has 0 spiro atoms. The smallest absolute Gasteiger partial charge is 0.255 e. The van der Waals surface area contributed by atoms with E-state index in [1.165, 1.54) is 12.8 Å². The number of benzene rings is 2. The quantitative estimate of drug-likeness (QED) is 0.881. The number of amides is 1. The molecule has 0 radical (unpaired) electrons. The van der Waals surface area contributed by atoms with Crippen molar-refractivity contribution in [2.24, 2.45) is 0 Å². The minimum atomic E-state index is -0.0813. The molecule has 4 nitrogen and oxygen atoms in total. The molecule has 1 N–H and O–H groups in total. The highest BCUT2D eigenvalue weighted by Gasteiger charge is 2.20. The molecule has 126 valence electrons. The number of carbonyl (C=O) groups excluding carboxylic acids is 1. The monoisotopic (exact) mass is 324 g/mol. The molecule has 4 heteroatoms. The molecule has 1 aliphatic rings. The van der Waals surface area contributed by atoms with Gasteiger partial charge in [-0.25, -0.2) is 0 Å². The van der Waals surface area contributed by atoms with E-state index in [1.807, 2.05) is 48.5 Å². The number of rotatable bonds is 6. The summed E-state index contributed by atoms with van der Waals surface area (Å²) in [5.41, 5.74) is 0.570. The zero-order valence-electron chi connectivity index (χ0n) is 14.1. The minimum absolute atomic E-state index is 0.0813. The van der Waals surface area contributed by atoms with Crippen molar-refractivity contribution in [2.45, 2.75) is 25.3 Å². The Bertz CT molecular complexity index is 672. The van der Waals surface area contributed by atoms with Crippen LogP contribution in [0.2, 0.25) is 0 Å². The van der Waals surface area contributed by atoms with Gasteiger partial charge in [-0.05, 0) is 57.1 Å². The Kier molecular flexibility index (Phi) is 5.49. The van der Waals surface area contributed by atoms with Crippen molar-refractivity contribution in [2.75, 3.05) is 20.1 Å². The number of carbonyl (C=O) groups is 1. The zero-order valence-corrected chi connectivity index (χ0v) is 14.1. The molecule has 24 heavy (non-hydrogen) atoms. The van der Waals surface area contributed by atoms with Gasteiger partial charge in [0.15, 0.2) is 0 Å². The lowest BCUT2D eigenvalue weighted by Crippen LogP contribution is -2.31. The van der Waals surface area contributed by atoms with Gasteiger partial charge in [0, 0.05) is 12.6 Å². The Morgan fingerprint density at radius 2 is 1.92 bits per heavy atom. The van der Waals surface area contributed by atoms with Crippen molar-refractivity contribution in [3.63, 3.8) is 0 Å². The molecule has 0 saturated carbocycles. The molecule has 1 amide bonds.